The van der Waals surface area contributed by atoms with Crippen LogP contribution >= 0.6 is 11.6 Å². The van der Waals surface area contributed by atoms with E-state index in [1.165, 1.54) is 0 Å². The lowest BCUT2D eigenvalue weighted by atomic mass is 9.97. The molecule has 136 valence electrons. The molecule has 2 saturated heterocycles. The first-order valence-electron chi connectivity index (χ1n) is 8.76. The molecular weight excluding hydrogens is 360 g/mol. The van der Waals surface area contributed by atoms with Crippen LogP contribution < -0.4 is 5.32 Å². The molecule has 0 saturated carbocycles. The SMILES string of the molecule is CC(C)(C)c1nc2ccc(Cl)c(S(=O)(=O)[C@H]3C[C@H]4CC[C@@H](C3)N4)c2o1. The van der Waals surface area contributed by atoms with Crippen LogP contribution in [0.15, 0.2) is 21.4 Å². The number of rotatable bonds is 2. The highest BCUT2D eigenvalue weighted by molar-refractivity contribution is 7.92. The lowest BCUT2D eigenvalue weighted by Crippen LogP contribution is -2.43. The predicted molar refractivity (Wildman–Crippen MR) is 97.9 cm³/mol. The summed E-state index contributed by atoms with van der Waals surface area (Å²) in [6, 6.07) is 3.91. The minimum absolute atomic E-state index is 0.112. The molecule has 7 heteroatoms. The molecule has 1 aromatic carbocycles. The van der Waals surface area contributed by atoms with Gasteiger partial charge in [-0.05, 0) is 37.8 Å². The molecule has 25 heavy (non-hydrogen) atoms. The largest absolute Gasteiger partial charge is 0.439 e. The van der Waals surface area contributed by atoms with Crippen molar-refractivity contribution in [2.24, 2.45) is 0 Å². The van der Waals surface area contributed by atoms with E-state index in [9.17, 15) is 8.42 Å². The molecule has 0 spiro atoms. The van der Waals surface area contributed by atoms with Crippen LogP contribution in [-0.4, -0.2) is 30.7 Å². The molecule has 1 aromatic heterocycles. The molecule has 0 amide bonds. The maximum atomic E-state index is 13.4. The Morgan fingerprint density at radius 1 is 1.20 bits per heavy atom. The number of oxazole rings is 1. The number of halogens is 1. The Morgan fingerprint density at radius 3 is 2.44 bits per heavy atom. The Hall–Kier alpha value is -1.11. The molecule has 2 aliphatic rings. The van der Waals surface area contributed by atoms with Crippen LogP contribution in [0.4, 0.5) is 0 Å². The highest BCUT2D eigenvalue weighted by atomic mass is 35.5. The van der Waals surface area contributed by atoms with Crippen molar-refractivity contribution in [1.29, 1.82) is 0 Å². The number of nitrogens with one attached hydrogen (secondary N) is 1. The number of piperidine rings is 1. The summed E-state index contributed by atoms with van der Waals surface area (Å²) < 4.78 is 32.7. The molecule has 4 rings (SSSR count). The first-order chi connectivity index (χ1) is 11.7. The van der Waals surface area contributed by atoms with Crippen LogP contribution in [0.25, 0.3) is 11.1 Å². The second-order valence-electron chi connectivity index (χ2n) is 8.27. The van der Waals surface area contributed by atoms with Gasteiger partial charge in [0.25, 0.3) is 0 Å². The van der Waals surface area contributed by atoms with Crippen molar-refractivity contribution in [2.75, 3.05) is 0 Å². The van der Waals surface area contributed by atoms with Gasteiger partial charge in [-0.1, -0.05) is 32.4 Å². The average Bonchev–Trinajstić information content (AvgIpc) is 3.09. The average molecular weight is 383 g/mol. The minimum Gasteiger partial charge on any atom is -0.439 e. The lowest BCUT2D eigenvalue weighted by Gasteiger charge is -2.29. The van der Waals surface area contributed by atoms with Crippen molar-refractivity contribution >= 4 is 32.5 Å². The van der Waals surface area contributed by atoms with Crippen LogP contribution in [-0.2, 0) is 15.3 Å². The van der Waals surface area contributed by atoms with Gasteiger partial charge in [-0.15, -0.1) is 0 Å². The quantitative estimate of drug-likeness (QED) is 0.854. The molecule has 2 bridgehead atoms. The van der Waals surface area contributed by atoms with E-state index in [1.54, 1.807) is 12.1 Å². The molecule has 0 aliphatic carbocycles. The molecule has 3 heterocycles. The zero-order valence-electron chi connectivity index (χ0n) is 14.7. The van der Waals surface area contributed by atoms with Gasteiger partial charge in [-0.25, -0.2) is 13.4 Å². The van der Waals surface area contributed by atoms with Gasteiger partial charge < -0.3 is 9.73 Å². The maximum Gasteiger partial charge on any atom is 0.200 e. The maximum absolute atomic E-state index is 13.4. The van der Waals surface area contributed by atoms with Gasteiger partial charge in [0, 0.05) is 17.5 Å². The van der Waals surface area contributed by atoms with Crippen molar-refractivity contribution in [1.82, 2.24) is 10.3 Å². The topological polar surface area (TPSA) is 72.2 Å². The standard InChI is InChI=1S/C18H23ClN2O3S/c1-18(2,3)17-21-14-7-6-13(19)16(15(14)24-17)25(22,23)12-8-10-4-5-11(9-12)20-10/h6-7,10-12,20H,4-5,8-9H2,1-3H3/t10-,11+,12+. The molecule has 2 aliphatic heterocycles. The van der Waals surface area contributed by atoms with Gasteiger partial charge in [0.05, 0.1) is 10.3 Å². The number of fused-ring (bicyclic) bond motifs is 3. The first kappa shape index (κ1) is 17.3. The zero-order chi connectivity index (χ0) is 18.0. The van der Waals surface area contributed by atoms with Gasteiger partial charge in [-0.2, -0.15) is 0 Å². The van der Waals surface area contributed by atoms with E-state index in [0.717, 1.165) is 12.8 Å². The van der Waals surface area contributed by atoms with Gasteiger partial charge >= 0.3 is 0 Å². The predicted octanol–water partition coefficient (Wildman–Crippen LogP) is 3.84. The van der Waals surface area contributed by atoms with E-state index < -0.39 is 15.1 Å². The summed E-state index contributed by atoms with van der Waals surface area (Å²) in [5.41, 5.74) is 0.536. The Labute approximate surface area is 153 Å². The number of aromatic nitrogens is 1. The van der Waals surface area contributed by atoms with Crippen molar-refractivity contribution in [2.45, 2.75) is 74.1 Å². The van der Waals surface area contributed by atoms with E-state index in [4.69, 9.17) is 16.0 Å². The summed E-state index contributed by atoms with van der Waals surface area (Å²) in [6.07, 6.45) is 3.35. The smallest absolute Gasteiger partial charge is 0.200 e. The van der Waals surface area contributed by atoms with Crippen LogP contribution in [0.3, 0.4) is 0 Å². The second-order valence-corrected chi connectivity index (χ2v) is 10.8. The normalized spacial score (nSPS) is 27.1. The van der Waals surface area contributed by atoms with Crippen LogP contribution in [0, 0.1) is 0 Å². The number of sulfone groups is 1. The monoisotopic (exact) mass is 382 g/mol. The fraction of sp³-hybridized carbons (Fsp3) is 0.611. The Morgan fingerprint density at radius 2 is 1.84 bits per heavy atom. The minimum atomic E-state index is -3.58. The number of hydrogen-bond donors (Lipinski definition) is 1. The molecular formula is C18H23ClN2O3S. The van der Waals surface area contributed by atoms with Crippen LogP contribution in [0.2, 0.25) is 5.02 Å². The van der Waals surface area contributed by atoms with Gasteiger partial charge in [0.1, 0.15) is 10.4 Å². The summed E-state index contributed by atoms with van der Waals surface area (Å²) in [4.78, 5) is 4.60. The zero-order valence-corrected chi connectivity index (χ0v) is 16.2. The molecule has 5 nitrogen and oxygen atoms in total. The fourth-order valence-corrected chi connectivity index (χ4v) is 6.48. The third-order valence-electron chi connectivity index (χ3n) is 5.26. The van der Waals surface area contributed by atoms with Gasteiger partial charge in [0.2, 0.25) is 5.89 Å². The Balaban J connectivity index is 1.84. The molecule has 0 unspecified atom stereocenters. The van der Waals surface area contributed by atoms with E-state index in [1.807, 2.05) is 20.8 Å². The summed E-state index contributed by atoms with van der Waals surface area (Å²) in [6.45, 7) is 5.95. The summed E-state index contributed by atoms with van der Waals surface area (Å²) >= 11 is 6.34. The summed E-state index contributed by atoms with van der Waals surface area (Å²) in [7, 11) is -3.58. The van der Waals surface area contributed by atoms with Crippen molar-refractivity contribution in [3.8, 4) is 0 Å². The van der Waals surface area contributed by atoms with E-state index in [0.29, 0.717) is 29.8 Å². The molecule has 1 N–H and O–H groups in total. The highest BCUT2D eigenvalue weighted by Gasteiger charge is 2.42. The number of nitrogens with zero attached hydrogens (tertiary/aromatic N) is 1. The molecule has 2 aromatic rings. The Kier molecular flexibility index (Phi) is 3.94. The molecule has 3 atom stereocenters. The van der Waals surface area contributed by atoms with Crippen molar-refractivity contribution in [3.05, 3.63) is 23.0 Å². The second kappa shape index (κ2) is 5.69. The lowest BCUT2D eigenvalue weighted by molar-refractivity contribution is 0.398. The van der Waals surface area contributed by atoms with Gasteiger partial charge in [-0.3, -0.25) is 0 Å². The first-order valence-corrected chi connectivity index (χ1v) is 10.7. The fourth-order valence-electron chi connectivity index (χ4n) is 3.95. The molecule has 2 fully saturated rings. The van der Waals surface area contributed by atoms with Gasteiger partial charge in [0.15, 0.2) is 15.4 Å². The van der Waals surface area contributed by atoms with E-state index in [-0.39, 0.29) is 27.4 Å². The third kappa shape index (κ3) is 2.88. The van der Waals surface area contributed by atoms with Crippen LogP contribution in [0.5, 0.6) is 0 Å². The summed E-state index contributed by atoms with van der Waals surface area (Å²) in [5, 5.41) is 3.29. The number of hydrogen-bond acceptors (Lipinski definition) is 5. The Bertz CT molecular complexity index is 918. The van der Waals surface area contributed by atoms with Crippen molar-refractivity contribution in [3.63, 3.8) is 0 Å². The van der Waals surface area contributed by atoms with E-state index >= 15 is 0 Å². The highest BCUT2D eigenvalue weighted by Crippen LogP contribution is 2.39. The molecule has 0 radical (unpaired) electrons. The van der Waals surface area contributed by atoms with Crippen LogP contribution in [0.1, 0.15) is 52.3 Å². The number of benzene rings is 1. The summed E-state index contributed by atoms with van der Waals surface area (Å²) in [5.74, 6) is 0.520. The van der Waals surface area contributed by atoms with E-state index in [2.05, 4.69) is 10.3 Å². The van der Waals surface area contributed by atoms with Crippen molar-refractivity contribution < 1.29 is 12.8 Å². The third-order valence-corrected chi connectivity index (χ3v) is 7.92.